The van der Waals surface area contributed by atoms with E-state index in [9.17, 15) is 13.2 Å². The summed E-state index contributed by atoms with van der Waals surface area (Å²) in [5, 5.41) is 0. The Hall–Kier alpha value is -2.81. The topological polar surface area (TPSA) is 0 Å². The van der Waals surface area contributed by atoms with E-state index in [1.54, 1.807) is 36.4 Å². The van der Waals surface area contributed by atoms with Crippen LogP contribution in [0, 0.1) is 23.4 Å². The second kappa shape index (κ2) is 9.77. The van der Waals surface area contributed by atoms with Crippen LogP contribution in [0.15, 0.2) is 54.6 Å². The average molecular weight is 435 g/mol. The highest BCUT2D eigenvalue weighted by Crippen LogP contribution is 2.37. The molecule has 166 valence electrons. The summed E-state index contributed by atoms with van der Waals surface area (Å²) in [6.07, 6.45) is 8.10. The van der Waals surface area contributed by atoms with Gasteiger partial charge in [0, 0.05) is 11.1 Å². The summed E-state index contributed by atoms with van der Waals surface area (Å²) in [5.74, 6) is -0.962. The van der Waals surface area contributed by atoms with Gasteiger partial charge >= 0.3 is 0 Å². The molecule has 1 aliphatic carbocycles. The summed E-state index contributed by atoms with van der Waals surface area (Å²) < 4.78 is 43.8. The van der Waals surface area contributed by atoms with Crippen molar-refractivity contribution in [3.05, 3.63) is 94.3 Å². The van der Waals surface area contributed by atoms with Crippen LogP contribution in [0.5, 0.6) is 0 Å². The summed E-state index contributed by atoms with van der Waals surface area (Å²) in [4.78, 5) is 0. The van der Waals surface area contributed by atoms with Gasteiger partial charge in [0.25, 0.3) is 0 Å². The summed E-state index contributed by atoms with van der Waals surface area (Å²) in [5.41, 5.74) is 3.88. The molecule has 0 nitrogen and oxygen atoms in total. The van der Waals surface area contributed by atoms with Crippen LogP contribution in [0.1, 0.15) is 67.7 Å². The zero-order valence-corrected chi connectivity index (χ0v) is 18.7. The Morgan fingerprint density at radius 1 is 0.812 bits per heavy atom. The van der Waals surface area contributed by atoms with E-state index >= 15 is 0 Å². The molecule has 0 aromatic heterocycles. The maximum absolute atomic E-state index is 14.8. The Morgan fingerprint density at radius 3 is 2.19 bits per heavy atom. The smallest absolute Gasteiger partial charge is 0.166 e. The fourth-order valence-corrected chi connectivity index (χ4v) is 4.57. The lowest BCUT2D eigenvalue weighted by molar-refractivity contribution is 0.339. The Morgan fingerprint density at radius 2 is 1.53 bits per heavy atom. The quantitative estimate of drug-likeness (QED) is 0.352. The second-order valence-electron chi connectivity index (χ2n) is 8.95. The van der Waals surface area contributed by atoms with Crippen molar-refractivity contribution >= 4 is 12.2 Å². The van der Waals surface area contributed by atoms with Crippen molar-refractivity contribution in [3.63, 3.8) is 0 Å². The highest BCUT2D eigenvalue weighted by molar-refractivity contribution is 5.72. The van der Waals surface area contributed by atoms with Crippen molar-refractivity contribution in [1.82, 2.24) is 0 Å². The number of rotatable bonds is 5. The van der Waals surface area contributed by atoms with E-state index in [4.69, 9.17) is 0 Å². The molecule has 0 amide bonds. The molecule has 1 fully saturated rings. The molecule has 3 aromatic carbocycles. The first-order valence-corrected chi connectivity index (χ1v) is 11.5. The zero-order valence-electron chi connectivity index (χ0n) is 18.7. The Balaban J connectivity index is 1.50. The lowest BCUT2D eigenvalue weighted by Crippen LogP contribution is -2.13. The third kappa shape index (κ3) is 4.82. The van der Waals surface area contributed by atoms with Gasteiger partial charge in [-0.3, -0.25) is 0 Å². The Kier molecular flexibility index (Phi) is 6.83. The van der Waals surface area contributed by atoms with Crippen LogP contribution in [-0.2, 0) is 6.42 Å². The molecule has 32 heavy (non-hydrogen) atoms. The number of hydrogen-bond donors (Lipinski definition) is 0. The number of hydrogen-bond acceptors (Lipinski definition) is 0. The van der Waals surface area contributed by atoms with E-state index in [1.165, 1.54) is 0 Å². The maximum Gasteiger partial charge on any atom is 0.166 e. The number of halogens is 3. The van der Waals surface area contributed by atoms with Crippen molar-refractivity contribution in [2.24, 2.45) is 5.92 Å². The lowest BCUT2D eigenvalue weighted by Gasteiger charge is -2.27. The first-order chi connectivity index (χ1) is 15.5. The van der Waals surface area contributed by atoms with Gasteiger partial charge in [-0.25, -0.2) is 13.2 Å². The van der Waals surface area contributed by atoms with Crippen LogP contribution in [-0.4, -0.2) is 0 Å². The predicted octanol–water partition coefficient (Wildman–Crippen LogP) is 8.80. The maximum atomic E-state index is 14.8. The van der Waals surface area contributed by atoms with Gasteiger partial charge in [0.2, 0.25) is 0 Å². The monoisotopic (exact) mass is 434 g/mol. The molecule has 0 spiro atoms. The van der Waals surface area contributed by atoms with E-state index in [0.29, 0.717) is 17.0 Å². The minimum absolute atomic E-state index is 0.109. The van der Waals surface area contributed by atoms with Crippen LogP contribution >= 0.6 is 0 Å². The summed E-state index contributed by atoms with van der Waals surface area (Å²) >= 11 is 0. The van der Waals surface area contributed by atoms with E-state index in [-0.39, 0.29) is 17.3 Å². The van der Waals surface area contributed by atoms with Crippen molar-refractivity contribution in [3.8, 4) is 11.1 Å². The molecule has 0 bridgehead atoms. The van der Waals surface area contributed by atoms with Crippen LogP contribution in [0.2, 0.25) is 0 Å². The number of aryl methyl sites for hydroxylation is 1. The Bertz CT molecular complexity index is 1100. The van der Waals surface area contributed by atoms with E-state index in [1.807, 2.05) is 37.3 Å². The van der Waals surface area contributed by atoms with Crippen LogP contribution in [0.25, 0.3) is 23.3 Å². The molecule has 3 aromatic rings. The van der Waals surface area contributed by atoms with Gasteiger partial charge < -0.3 is 0 Å². The fourth-order valence-electron chi connectivity index (χ4n) is 4.57. The van der Waals surface area contributed by atoms with Gasteiger partial charge in [0.15, 0.2) is 11.6 Å². The highest BCUT2D eigenvalue weighted by atomic mass is 19.2. The third-order valence-corrected chi connectivity index (χ3v) is 6.72. The first-order valence-electron chi connectivity index (χ1n) is 11.5. The molecule has 1 saturated carbocycles. The minimum Gasteiger partial charge on any atom is -0.206 e. The molecule has 1 aliphatic rings. The third-order valence-electron chi connectivity index (χ3n) is 6.72. The number of benzene rings is 3. The van der Waals surface area contributed by atoms with Crippen LogP contribution in [0.3, 0.4) is 0 Å². The molecule has 0 saturated heterocycles. The van der Waals surface area contributed by atoms with E-state index < -0.39 is 11.6 Å². The standard InChI is InChI=1S/C29H29F3/c1-3-20-9-16-25(27(30)18-20)22-12-6-21(7-13-22)8-14-24-15-17-26(29(32)28(24)31)23-10-4-19(2)5-11-23/h6-9,12-19,23H,3-5,10-11H2,1-2H3. The van der Waals surface area contributed by atoms with Crippen molar-refractivity contribution in [1.29, 1.82) is 0 Å². The molecule has 0 aliphatic heterocycles. The van der Waals surface area contributed by atoms with Gasteiger partial charge in [0.05, 0.1) is 0 Å². The molecule has 0 atom stereocenters. The van der Waals surface area contributed by atoms with Gasteiger partial charge in [-0.1, -0.05) is 87.4 Å². The normalized spacial score (nSPS) is 18.9. The largest absolute Gasteiger partial charge is 0.206 e. The van der Waals surface area contributed by atoms with Crippen molar-refractivity contribution in [2.75, 3.05) is 0 Å². The minimum atomic E-state index is -0.785. The van der Waals surface area contributed by atoms with Gasteiger partial charge in [-0.15, -0.1) is 0 Å². The van der Waals surface area contributed by atoms with Gasteiger partial charge in [-0.2, -0.15) is 0 Å². The summed E-state index contributed by atoms with van der Waals surface area (Å²) in [6.45, 7) is 4.21. The molecule has 0 N–H and O–H groups in total. The van der Waals surface area contributed by atoms with Crippen molar-refractivity contribution < 1.29 is 13.2 Å². The molecule has 3 heteroatoms. The summed E-state index contributed by atoms with van der Waals surface area (Å²) in [7, 11) is 0. The van der Waals surface area contributed by atoms with E-state index in [0.717, 1.165) is 48.8 Å². The highest BCUT2D eigenvalue weighted by Gasteiger charge is 2.24. The van der Waals surface area contributed by atoms with E-state index in [2.05, 4.69) is 6.92 Å². The van der Waals surface area contributed by atoms with Crippen LogP contribution < -0.4 is 0 Å². The Labute approximate surface area is 188 Å². The molecular weight excluding hydrogens is 405 g/mol. The SMILES string of the molecule is CCc1ccc(-c2ccc(C=Cc3ccc(C4CCC(C)CC4)c(F)c3F)cc2)c(F)c1. The van der Waals surface area contributed by atoms with Gasteiger partial charge in [-0.05, 0) is 59.4 Å². The molecule has 0 heterocycles. The molecule has 0 unspecified atom stereocenters. The zero-order chi connectivity index (χ0) is 22.7. The van der Waals surface area contributed by atoms with Crippen molar-refractivity contribution in [2.45, 2.75) is 51.9 Å². The predicted molar refractivity (Wildman–Crippen MR) is 127 cm³/mol. The molecular formula is C29H29F3. The second-order valence-corrected chi connectivity index (χ2v) is 8.95. The lowest BCUT2D eigenvalue weighted by atomic mass is 9.79. The first kappa shape index (κ1) is 22.4. The molecule has 4 rings (SSSR count). The van der Waals surface area contributed by atoms with Crippen LogP contribution in [0.4, 0.5) is 13.2 Å². The van der Waals surface area contributed by atoms with Gasteiger partial charge in [0.1, 0.15) is 5.82 Å². The molecule has 0 radical (unpaired) electrons. The fraction of sp³-hybridized carbons (Fsp3) is 0.310. The summed E-state index contributed by atoms with van der Waals surface area (Å²) in [6, 6.07) is 16.1. The average Bonchev–Trinajstić information content (AvgIpc) is 2.81.